The van der Waals surface area contributed by atoms with Gasteiger partial charge in [0.2, 0.25) is 5.91 Å². The largest absolute Gasteiger partial charge is 0.462 e. The minimum Gasteiger partial charge on any atom is -0.462 e. The zero-order valence-corrected chi connectivity index (χ0v) is 18.2. The van der Waals surface area contributed by atoms with Crippen molar-refractivity contribution in [2.24, 2.45) is 0 Å². The molecule has 0 atom stereocenters. The Balaban J connectivity index is 1.40. The van der Waals surface area contributed by atoms with Gasteiger partial charge in [0.05, 0.1) is 31.9 Å². The van der Waals surface area contributed by atoms with E-state index in [1.54, 1.807) is 29.2 Å². The van der Waals surface area contributed by atoms with Crippen molar-refractivity contribution >= 4 is 23.6 Å². The Hall–Kier alpha value is -2.65. The number of rotatable bonds is 7. The number of esters is 1. The van der Waals surface area contributed by atoms with Crippen LogP contribution in [-0.2, 0) is 14.3 Å². The quantitative estimate of drug-likeness (QED) is 0.520. The van der Waals surface area contributed by atoms with E-state index in [9.17, 15) is 14.4 Å². The summed E-state index contributed by atoms with van der Waals surface area (Å²) in [5.41, 5.74) is 1.09. The van der Waals surface area contributed by atoms with Gasteiger partial charge in [-0.3, -0.25) is 9.69 Å². The van der Waals surface area contributed by atoms with Gasteiger partial charge < -0.3 is 24.6 Å². The lowest BCUT2D eigenvalue weighted by atomic mass is 10.2. The van der Waals surface area contributed by atoms with Crippen molar-refractivity contribution in [3.63, 3.8) is 0 Å². The van der Waals surface area contributed by atoms with E-state index in [4.69, 9.17) is 9.47 Å². The van der Waals surface area contributed by atoms with Gasteiger partial charge in [-0.25, -0.2) is 9.59 Å². The van der Waals surface area contributed by atoms with E-state index in [-0.39, 0.29) is 17.9 Å². The molecule has 170 valence electrons. The van der Waals surface area contributed by atoms with Crippen molar-refractivity contribution in [2.45, 2.75) is 19.8 Å². The van der Waals surface area contributed by atoms with E-state index in [1.165, 1.54) is 0 Å². The molecule has 31 heavy (non-hydrogen) atoms. The van der Waals surface area contributed by atoms with Gasteiger partial charge in [0.1, 0.15) is 0 Å². The van der Waals surface area contributed by atoms with Crippen molar-refractivity contribution in [3.8, 4) is 0 Å². The van der Waals surface area contributed by atoms with Crippen LogP contribution >= 0.6 is 0 Å². The second-order valence-corrected chi connectivity index (χ2v) is 7.75. The molecule has 2 heterocycles. The molecule has 0 radical (unpaired) electrons. The van der Waals surface area contributed by atoms with Crippen molar-refractivity contribution in [1.82, 2.24) is 14.7 Å². The molecule has 3 amide bonds. The highest BCUT2D eigenvalue weighted by Crippen LogP contribution is 2.13. The van der Waals surface area contributed by atoms with Gasteiger partial charge in [-0.15, -0.1) is 0 Å². The summed E-state index contributed by atoms with van der Waals surface area (Å²) < 4.78 is 10.5. The summed E-state index contributed by atoms with van der Waals surface area (Å²) >= 11 is 0. The van der Waals surface area contributed by atoms with E-state index in [1.807, 2.05) is 11.8 Å². The number of carbonyl (C=O) groups is 3. The predicted octanol–water partition coefficient (Wildman–Crippen LogP) is 1.65. The molecule has 2 aliphatic heterocycles. The van der Waals surface area contributed by atoms with E-state index in [0.717, 1.165) is 12.8 Å². The normalized spacial score (nSPS) is 17.3. The standard InChI is InChI=1S/C22H32N4O5/c1-2-3-14-31-21(28)18-4-6-19(7-5-18)23-22(29)26-10-8-24(9-11-26)17-20(27)25-12-15-30-16-13-25/h4-7H,2-3,8-17H2,1H3,(H,23,29). The average molecular weight is 433 g/mol. The second-order valence-electron chi connectivity index (χ2n) is 7.75. The van der Waals surface area contributed by atoms with Gasteiger partial charge in [0.25, 0.3) is 0 Å². The summed E-state index contributed by atoms with van der Waals surface area (Å²) in [5, 5.41) is 2.86. The first-order valence-corrected chi connectivity index (χ1v) is 11.0. The summed E-state index contributed by atoms with van der Waals surface area (Å²) in [6.45, 7) is 7.76. The highest BCUT2D eigenvalue weighted by Gasteiger charge is 2.25. The molecular weight excluding hydrogens is 400 g/mol. The number of piperazine rings is 1. The first-order valence-electron chi connectivity index (χ1n) is 11.0. The fourth-order valence-corrected chi connectivity index (χ4v) is 3.50. The van der Waals surface area contributed by atoms with Gasteiger partial charge in [-0.1, -0.05) is 13.3 Å². The Labute approximate surface area is 183 Å². The molecular formula is C22H32N4O5. The summed E-state index contributed by atoms with van der Waals surface area (Å²) in [5.74, 6) is -0.233. The number of hydrogen-bond acceptors (Lipinski definition) is 6. The molecule has 2 aliphatic rings. The van der Waals surface area contributed by atoms with Crippen LogP contribution in [0.2, 0.25) is 0 Å². The van der Waals surface area contributed by atoms with Crippen molar-refractivity contribution in [2.75, 3.05) is 71.0 Å². The molecule has 2 fully saturated rings. The van der Waals surface area contributed by atoms with E-state index in [0.29, 0.717) is 76.9 Å². The van der Waals surface area contributed by atoms with Crippen molar-refractivity contribution in [1.29, 1.82) is 0 Å². The van der Waals surface area contributed by atoms with Crippen LogP contribution in [0.5, 0.6) is 0 Å². The molecule has 1 N–H and O–H groups in total. The zero-order valence-electron chi connectivity index (χ0n) is 18.2. The Morgan fingerprint density at radius 1 is 0.968 bits per heavy atom. The number of ether oxygens (including phenoxy) is 2. The fourth-order valence-electron chi connectivity index (χ4n) is 3.50. The maximum absolute atomic E-state index is 12.6. The van der Waals surface area contributed by atoms with Gasteiger partial charge in [0, 0.05) is 45.0 Å². The van der Waals surface area contributed by atoms with Crippen LogP contribution in [0.4, 0.5) is 10.5 Å². The molecule has 2 saturated heterocycles. The molecule has 0 unspecified atom stereocenters. The number of anilines is 1. The van der Waals surface area contributed by atoms with Gasteiger partial charge in [0.15, 0.2) is 0 Å². The molecule has 9 heteroatoms. The van der Waals surface area contributed by atoms with E-state index >= 15 is 0 Å². The highest BCUT2D eigenvalue weighted by molar-refractivity contribution is 5.92. The fraction of sp³-hybridized carbons (Fsp3) is 0.591. The molecule has 0 aromatic heterocycles. The van der Waals surface area contributed by atoms with E-state index < -0.39 is 0 Å². The Morgan fingerprint density at radius 3 is 2.29 bits per heavy atom. The Kier molecular flexibility index (Phi) is 8.66. The van der Waals surface area contributed by atoms with E-state index in [2.05, 4.69) is 10.2 Å². The number of hydrogen-bond donors (Lipinski definition) is 1. The number of carbonyl (C=O) groups excluding carboxylic acids is 3. The van der Waals surface area contributed by atoms with Gasteiger partial charge in [-0.05, 0) is 30.7 Å². The number of amides is 3. The smallest absolute Gasteiger partial charge is 0.338 e. The first-order chi connectivity index (χ1) is 15.1. The van der Waals surface area contributed by atoms with Crippen molar-refractivity contribution in [3.05, 3.63) is 29.8 Å². The van der Waals surface area contributed by atoms with Gasteiger partial charge >= 0.3 is 12.0 Å². The zero-order chi connectivity index (χ0) is 22.1. The number of unbranched alkanes of at least 4 members (excludes halogenated alkanes) is 1. The molecule has 0 bridgehead atoms. The molecule has 0 saturated carbocycles. The number of urea groups is 1. The van der Waals surface area contributed by atoms with Crippen LogP contribution in [0.1, 0.15) is 30.1 Å². The number of morpholine rings is 1. The maximum Gasteiger partial charge on any atom is 0.338 e. The summed E-state index contributed by atoms with van der Waals surface area (Å²) in [7, 11) is 0. The lowest BCUT2D eigenvalue weighted by Gasteiger charge is -2.36. The minimum atomic E-state index is -0.353. The monoisotopic (exact) mass is 432 g/mol. The second kappa shape index (κ2) is 11.7. The van der Waals surface area contributed by atoms with Crippen LogP contribution < -0.4 is 5.32 Å². The average Bonchev–Trinajstić information content (AvgIpc) is 2.80. The third kappa shape index (κ3) is 6.93. The lowest BCUT2D eigenvalue weighted by molar-refractivity contribution is -0.136. The highest BCUT2D eigenvalue weighted by atomic mass is 16.5. The third-order valence-corrected chi connectivity index (χ3v) is 5.49. The SMILES string of the molecule is CCCCOC(=O)c1ccc(NC(=O)N2CCN(CC(=O)N3CCOCC3)CC2)cc1. The summed E-state index contributed by atoms with van der Waals surface area (Å²) in [4.78, 5) is 42.5. The van der Waals surface area contributed by atoms with Crippen molar-refractivity contribution < 1.29 is 23.9 Å². The predicted molar refractivity (Wildman–Crippen MR) is 116 cm³/mol. The Morgan fingerprint density at radius 2 is 1.65 bits per heavy atom. The van der Waals surface area contributed by atoms with Crippen LogP contribution in [0, 0.1) is 0 Å². The van der Waals surface area contributed by atoms with Crippen LogP contribution in [-0.4, -0.2) is 98.2 Å². The minimum absolute atomic E-state index is 0.120. The number of nitrogens with zero attached hydrogens (tertiary/aromatic N) is 3. The molecule has 3 rings (SSSR count). The number of benzene rings is 1. The summed E-state index contributed by atoms with van der Waals surface area (Å²) in [6.07, 6.45) is 1.81. The molecule has 1 aromatic carbocycles. The molecule has 0 aliphatic carbocycles. The maximum atomic E-state index is 12.6. The van der Waals surface area contributed by atoms with Crippen LogP contribution in [0.15, 0.2) is 24.3 Å². The topological polar surface area (TPSA) is 91.4 Å². The Bertz CT molecular complexity index is 741. The summed E-state index contributed by atoms with van der Waals surface area (Å²) in [6, 6.07) is 6.52. The van der Waals surface area contributed by atoms with Crippen LogP contribution in [0.3, 0.4) is 0 Å². The number of nitrogens with one attached hydrogen (secondary N) is 1. The lowest BCUT2D eigenvalue weighted by Crippen LogP contribution is -2.53. The molecule has 9 nitrogen and oxygen atoms in total. The van der Waals surface area contributed by atoms with Gasteiger partial charge in [-0.2, -0.15) is 0 Å². The van der Waals surface area contributed by atoms with Crippen LogP contribution in [0.25, 0.3) is 0 Å². The molecule has 0 spiro atoms. The molecule has 1 aromatic rings. The third-order valence-electron chi connectivity index (χ3n) is 5.49. The first kappa shape index (κ1) is 23.0.